The Morgan fingerprint density at radius 2 is 2.11 bits per heavy atom. The van der Waals surface area contributed by atoms with Crippen molar-refractivity contribution < 1.29 is 0 Å². The zero-order chi connectivity index (χ0) is 13.0. The van der Waals surface area contributed by atoms with Crippen molar-refractivity contribution >= 4 is 5.69 Å². The minimum atomic E-state index is 0.728. The molecule has 1 fully saturated rings. The number of piperidine rings is 1. The summed E-state index contributed by atoms with van der Waals surface area (Å²) in [5, 5.41) is 12.4. The van der Waals surface area contributed by atoms with Gasteiger partial charge in [0.15, 0.2) is 0 Å². The molecule has 1 saturated heterocycles. The predicted octanol–water partition coefficient (Wildman–Crippen LogP) is 2.62. The summed E-state index contributed by atoms with van der Waals surface area (Å²) in [6, 6.07) is 8.02. The maximum Gasteiger partial charge on any atom is 0.0992 e. The molecular weight excluding hydrogens is 222 g/mol. The van der Waals surface area contributed by atoms with E-state index in [9.17, 15) is 0 Å². The normalized spacial score (nSPS) is 17.4. The highest BCUT2D eigenvalue weighted by Gasteiger charge is 2.16. The molecular formula is C15H21N3. The van der Waals surface area contributed by atoms with Gasteiger partial charge in [0.1, 0.15) is 0 Å². The van der Waals surface area contributed by atoms with E-state index < -0.39 is 0 Å². The van der Waals surface area contributed by atoms with E-state index in [1.807, 2.05) is 18.2 Å². The molecule has 0 radical (unpaired) electrons. The maximum atomic E-state index is 8.92. The number of likely N-dealkylation sites (tertiary alicyclic amines) is 1. The van der Waals surface area contributed by atoms with Crippen LogP contribution in [0.2, 0.25) is 0 Å². The summed E-state index contributed by atoms with van der Waals surface area (Å²) < 4.78 is 0. The van der Waals surface area contributed by atoms with Gasteiger partial charge in [-0.05, 0) is 63.5 Å². The lowest BCUT2D eigenvalue weighted by atomic mass is 9.97. The topological polar surface area (TPSA) is 39.1 Å². The highest BCUT2D eigenvalue weighted by molar-refractivity contribution is 5.55. The van der Waals surface area contributed by atoms with Crippen LogP contribution in [0.5, 0.6) is 0 Å². The summed E-state index contributed by atoms with van der Waals surface area (Å²) in [5.41, 5.74) is 3.04. The van der Waals surface area contributed by atoms with Gasteiger partial charge < -0.3 is 10.2 Å². The molecule has 1 aromatic rings. The molecule has 0 bridgehead atoms. The summed E-state index contributed by atoms with van der Waals surface area (Å²) in [6.07, 6.45) is 2.53. The molecule has 0 spiro atoms. The molecule has 3 nitrogen and oxygen atoms in total. The average molecular weight is 243 g/mol. The Kier molecular flexibility index (Phi) is 4.22. The Labute approximate surface area is 109 Å². The molecule has 2 rings (SSSR count). The van der Waals surface area contributed by atoms with Crippen molar-refractivity contribution in [2.75, 3.05) is 32.0 Å². The van der Waals surface area contributed by atoms with Crippen molar-refractivity contribution in [3.8, 4) is 6.07 Å². The van der Waals surface area contributed by atoms with E-state index in [2.05, 4.69) is 30.3 Å². The molecule has 0 atom stereocenters. The fraction of sp³-hybridized carbons (Fsp3) is 0.533. The van der Waals surface area contributed by atoms with Crippen LogP contribution in [0.3, 0.4) is 0 Å². The average Bonchev–Trinajstić information content (AvgIpc) is 2.40. The second kappa shape index (κ2) is 5.88. The summed E-state index contributed by atoms with van der Waals surface area (Å²) in [4.78, 5) is 2.39. The fourth-order valence-corrected chi connectivity index (χ4v) is 2.40. The van der Waals surface area contributed by atoms with E-state index in [0.29, 0.717) is 0 Å². The predicted molar refractivity (Wildman–Crippen MR) is 74.6 cm³/mol. The van der Waals surface area contributed by atoms with Gasteiger partial charge in [0.25, 0.3) is 0 Å². The van der Waals surface area contributed by atoms with Gasteiger partial charge in [0.2, 0.25) is 0 Å². The Morgan fingerprint density at radius 3 is 2.78 bits per heavy atom. The number of rotatable bonds is 3. The quantitative estimate of drug-likeness (QED) is 0.887. The molecule has 0 amide bonds. The van der Waals surface area contributed by atoms with Gasteiger partial charge in [-0.15, -0.1) is 0 Å². The maximum absolute atomic E-state index is 8.92. The van der Waals surface area contributed by atoms with Crippen LogP contribution in [0, 0.1) is 24.2 Å². The second-order valence-corrected chi connectivity index (χ2v) is 5.27. The second-order valence-electron chi connectivity index (χ2n) is 5.27. The summed E-state index contributed by atoms with van der Waals surface area (Å²) >= 11 is 0. The van der Waals surface area contributed by atoms with E-state index in [-0.39, 0.29) is 0 Å². The zero-order valence-electron chi connectivity index (χ0n) is 11.2. The molecule has 3 heteroatoms. The van der Waals surface area contributed by atoms with Gasteiger partial charge in [-0.2, -0.15) is 5.26 Å². The largest absolute Gasteiger partial charge is 0.385 e. The van der Waals surface area contributed by atoms with Crippen LogP contribution in [-0.4, -0.2) is 31.6 Å². The Balaban J connectivity index is 1.92. The molecule has 0 unspecified atom stereocenters. The number of nitriles is 1. The van der Waals surface area contributed by atoms with Crippen molar-refractivity contribution in [1.82, 2.24) is 4.90 Å². The van der Waals surface area contributed by atoms with Gasteiger partial charge in [0.05, 0.1) is 11.6 Å². The Morgan fingerprint density at radius 1 is 1.39 bits per heavy atom. The lowest BCUT2D eigenvalue weighted by molar-refractivity contribution is 0.226. The number of hydrogen-bond donors (Lipinski definition) is 1. The van der Waals surface area contributed by atoms with Crippen molar-refractivity contribution in [2.24, 2.45) is 5.92 Å². The standard InChI is InChI=1S/C15H21N3/c1-12-3-4-14(10-16)9-15(12)17-11-13-5-7-18(2)8-6-13/h3-4,9,13,17H,5-8,11H2,1-2H3. The minimum Gasteiger partial charge on any atom is -0.385 e. The van der Waals surface area contributed by atoms with Crippen LogP contribution in [0.4, 0.5) is 5.69 Å². The smallest absolute Gasteiger partial charge is 0.0992 e. The van der Waals surface area contributed by atoms with Crippen LogP contribution in [0.15, 0.2) is 18.2 Å². The van der Waals surface area contributed by atoms with Gasteiger partial charge in [-0.1, -0.05) is 6.07 Å². The molecule has 1 aliphatic rings. The first kappa shape index (κ1) is 12.9. The first-order valence-electron chi connectivity index (χ1n) is 6.62. The van der Waals surface area contributed by atoms with E-state index in [0.717, 1.165) is 23.7 Å². The van der Waals surface area contributed by atoms with Crippen LogP contribution in [0.25, 0.3) is 0 Å². The molecule has 1 heterocycles. The molecule has 0 aliphatic carbocycles. The fourth-order valence-electron chi connectivity index (χ4n) is 2.40. The third-order valence-electron chi connectivity index (χ3n) is 3.79. The van der Waals surface area contributed by atoms with Crippen LogP contribution in [0.1, 0.15) is 24.0 Å². The van der Waals surface area contributed by atoms with Crippen molar-refractivity contribution in [3.63, 3.8) is 0 Å². The van der Waals surface area contributed by atoms with Crippen LogP contribution < -0.4 is 5.32 Å². The number of aryl methyl sites for hydroxylation is 1. The Bertz CT molecular complexity index is 440. The number of benzene rings is 1. The number of anilines is 1. The molecule has 1 N–H and O–H groups in total. The molecule has 18 heavy (non-hydrogen) atoms. The van der Waals surface area contributed by atoms with E-state index in [4.69, 9.17) is 5.26 Å². The summed E-state index contributed by atoms with van der Waals surface area (Å²) in [6.45, 7) is 5.49. The summed E-state index contributed by atoms with van der Waals surface area (Å²) in [5.74, 6) is 0.756. The highest BCUT2D eigenvalue weighted by atomic mass is 15.1. The van der Waals surface area contributed by atoms with Crippen molar-refractivity contribution in [3.05, 3.63) is 29.3 Å². The monoisotopic (exact) mass is 243 g/mol. The SMILES string of the molecule is Cc1ccc(C#N)cc1NCC1CCN(C)CC1. The van der Waals surface area contributed by atoms with E-state index in [1.54, 1.807) is 0 Å². The first-order valence-corrected chi connectivity index (χ1v) is 6.62. The molecule has 96 valence electrons. The minimum absolute atomic E-state index is 0.728. The highest BCUT2D eigenvalue weighted by Crippen LogP contribution is 2.20. The zero-order valence-corrected chi connectivity index (χ0v) is 11.2. The first-order chi connectivity index (χ1) is 8.69. The third-order valence-corrected chi connectivity index (χ3v) is 3.79. The lowest BCUT2D eigenvalue weighted by Gasteiger charge is -2.29. The van der Waals surface area contributed by atoms with Gasteiger partial charge in [-0.25, -0.2) is 0 Å². The van der Waals surface area contributed by atoms with Crippen molar-refractivity contribution in [2.45, 2.75) is 19.8 Å². The molecule has 1 aromatic carbocycles. The van der Waals surface area contributed by atoms with E-state index >= 15 is 0 Å². The summed E-state index contributed by atoms with van der Waals surface area (Å²) in [7, 11) is 2.18. The number of hydrogen-bond acceptors (Lipinski definition) is 3. The molecule has 0 aromatic heterocycles. The van der Waals surface area contributed by atoms with Gasteiger partial charge in [-0.3, -0.25) is 0 Å². The van der Waals surface area contributed by atoms with Crippen molar-refractivity contribution in [1.29, 1.82) is 5.26 Å². The van der Waals surface area contributed by atoms with Gasteiger partial charge >= 0.3 is 0 Å². The number of nitrogens with one attached hydrogen (secondary N) is 1. The molecule has 1 aliphatic heterocycles. The van der Waals surface area contributed by atoms with Gasteiger partial charge in [0, 0.05) is 12.2 Å². The lowest BCUT2D eigenvalue weighted by Crippen LogP contribution is -2.33. The molecule has 0 saturated carbocycles. The third kappa shape index (κ3) is 3.24. The number of nitrogens with zero attached hydrogens (tertiary/aromatic N) is 2. The van der Waals surface area contributed by atoms with Crippen LogP contribution >= 0.6 is 0 Å². The van der Waals surface area contributed by atoms with E-state index in [1.165, 1.54) is 31.5 Å². The Hall–Kier alpha value is -1.53. The van der Waals surface area contributed by atoms with Crippen LogP contribution in [-0.2, 0) is 0 Å².